The Morgan fingerprint density at radius 2 is 2.29 bits per heavy atom. The van der Waals surface area contributed by atoms with Crippen LogP contribution >= 0.6 is 0 Å². The van der Waals surface area contributed by atoms with Crippen molar-refractivity contribution in [2.45, 2.75) is 51.2 Å². The molecule has 0 aromatic carbocycles. The molecule has 1 heterocycles. The van der Waals surface area contributed by atoms with Crippen molar-refractivity contribution in [3.8, 4) is 0 Å². The number of carbonyl (C=O) groups excluding carboxylic acids is 1. The highest BCUT2D eigenvalue weighted by atomic mass is 16.5. The summed E-state index contributed by atoms with van der Waals surface area (Å²) in [5.74, 6) is 0.287. The molecule has 1 unspecified atom stereocenters. The normalized spacial score (nSPS) is 24.6. The Labute approximate surface area is 104 Å². The van der Waals surface area contributed by atoms with Gasteiger partial charge in [-0.05, 0) is 19.3 Å². The zero-order valence-electron chi connectivity index (χ0n) is 10.8. The minimum absolute atomic E-state index is 0.0825. The predicted molar refractivity (Wildman–Crippen MR) is 66.9 cm³/mol. The summed E-state index contributed by atoms with van der Waals surface area (Å²) in [6, 6.07) is 0.533. The largest absolute Gasteiger partial charge is 0.375 e. The van der Waals surface area contributed by atoms with Crippen molar-refractivity contribution >= 4 is 5.91 Å². The zero-order valence-corrected chi connectivity index (χ0v) is 10.8. The Morgan fingerprint density at radius 1 is 1.47 bits per heavy atom. The fourth-order valence-corrected chi connectivity index (χ4v) is 2.29. The lowest BCUT2D eigenvalue weighted by Crippen LogP contribution is -2.43. The van der Waals surface area contributed by atoms with Crippen LogP contribution in [-0.2, 0) is 9.53 Å². The molecule has 4 heteroatoms. The fraction of sp³-hybridized carbons (Fsp3) is 0.923. The summed E-state index contributed by atoms with van der Waals surface area (Å²) in [4.78, 5) is 14.3. The third-order valence-electron chi connectivity index (χ3n) is 3.47. The van der Waals surface area contributed by atoms with Gasteiger partial charge in [0.05, 0.1) is 19.1 Å². The quantitative estimate of drug-likeness (QED) is 0.757. The van der Waals surface area contributed by atoms with Crippen molar-refractivity contribution in [1.29, 1.82) is 0 Å². The van der Waals surface area contributed by atoms with E-state index in [0.29, 0.717) is 12.5 Å². The molecule has 0 aromatic heterocycles. The molecule has 1 aliphatic heterocycles. The van der Waals surface area contributed by atoms with E-state index in [9.17, 15) is 4.79 Å². The molecule has 4 nitrogen and oxygen atoms in total. The molecular weight excluding hydrogens is 216 g/mol. The van der Waals surface area contributed by atoms with Crippen LogP contribution < -0.4 is 5.32 Å². The minimum Gasteiger partial charge on any atom is -0.375 e. The van der Waals surface area contributed by atoms with E-state index in [1.54, 1.807) is 0 Å². The molecule has 0 aromatic rings. The molecular formula is C13H24N2O2. The first-order valence-corrected chi connectivity index (χ1v) is 6.93. The lowest BCUT2D eigenvalue weighted by molar-refractivity contribution is -0.135. The van der Waals surface area contributed by atoms with Crippen molar-refractivity contribution in [2.75, 3.05) is 26.2 Å². The van der Waals surface area contributed by atoms with Crippen LogP contribution in [0.4, 0.5) is 0 Å². The number of nitrogens with zero attached hydrogens (tertiary/aromatic N) is 1. The van der Waals surface area contributed by atoms with Gasteiger partial charge in [-0.15, -0.1) is 0 Å². The van der Waals surface area contributed by atoms with Crippen molar-refractivity contribution in [1.82, 2.24) is 10.2 Å². The average Bonchev–Trinajstić information content (AvgIpc) is 3.15. The van der Waals surface area contributed by atoms with Gasteiger partial charge in [-0.1, -0.05) is 13.3 Å². The number of rotatable bonds is 6. The van der Waals surface area contributed by atoms with Gasteiger partial charge in [-0.2, -0.15) is 0 Å². The lowest BCUT2D eigenvalue weighted by atomic mass is 10.2. The monoisotopic (exact) mass is 240 g/mol. The van der Waals surface area contributed by atoms with Crippen LogP contribution in [0.25, 0.3) is 0 Å². The van der Waals surface area contributed by atoms with Crippen molar-refractivity contribution < 1.29 is 9.53 Å². The second kappa shape index (κ2) is 6.36. The lowest BCUT2D eigenvalue weighted by Gasteiger charge is -2.27. The molecule has 1 amide bonds. The van der Waals surface area contributed by atoms with Gasteiger partial charge in [0, 0.05) is 25.7 Å². The molecule has 2 rings (SSSR count). The third-order valence-corrected chi connectivity index (χ3v) is 3.47. The molecule has 0 radical (unpaired) electrons. The Balaban J connectivity index is 1.78. The number of nitrogens with one attached hydrogen (secondary N) is 1. The highest BCUT2D eigenvalue weighted by Gasteiger charge is 2.33. The predicted octanol–water partition coefficient (Wildman–Crippen LogP) is 1.16. The van der Waals surface area contributed by atoms with Crippen LogP contribution in [0.3, 0.4) is 0 Å². The van der Waals surface area contributed by atoms with Gasteiger partial charge < -0.3 is 15.0 Å². The summed E-state index contributed by atoms with van der Waals surface area (Å²) in [6.07, 6.45) is 5.29. The number of amides is 1. The minimum atomic E-state index is 0.0825. The van der Waals surface area contributed by atoms with Gasteiger partial charge >= 0.3 is 0 Å². The molecule has 1 saturated carbocycles. The van der Waals surface area contributed by atoms with Crippen molar-refractivity contribution in [2.24, 2.45) is 0 Å². The van der Waals surface area contributed by atoms with Crippen LogP contribution in [0.1, 0.15) is 39.0 Å². The first-order chi connectivity index (χ1) is 8.31. The Kier molecular flexibility index (Phi) is 4.80. The number of carbonyl (C=O) groups is 1. The Hall–Kier alpha value is -0.610. The summed E-state index contributed by atoms with van der Waals surface area (Å²) in [5, 5.41) is 3.27. The fourth-order valence-electron chi connectivity index (χ4n) is 2.29. The van der Waals surface area contributed by atoms with E-state index in [0.717, 1.165) is 39.1 Å². The van der Waals surface area contributed by atoms with Gasteiger partial charge in [0.1, 0.15) is 0 Å². The number of hydrogen-bond donors (Lipinski definition) is 1. The summed E-state index contributed by atoms with van der Waals surface area (Å²) >= 11 is 0. The molecule has 98 valence electrons. The molecule has 0 bridgehead atoms. The topological polar surface area (TPSA) is 41.6 Å². The number of unbranched alkanes of at least 4 members (excludes halogenated alkanes) is 1. The van der Waals surface area contributed by atoms with E-state index in [1.807, 2.05) is 0 Å². The van der Waals surface area contributed by atoms with Crippen LogP contribution in [0.2, 0.25) is 0 Å². The Bertz CT molecular complexity index is 248. The molecule has 1 N–H and O–H groups in total. The second-order valence-electron chi connectivity index (χ2n) is 5.07. The molecule has 1 aliphatic carbocycles. The Morgan fingerprint density at radius 3 is 2.88 bits per heavy atom. The van der Waals surface area contributed by atoms with Crippen LogP contribution in [-0.4, -0.2) is 49.2 Å². The molecule has 17 heavy (non-hydrogen) atoms. The summed E-state index contributed by atoms with van der Waals surface area (Å²) in [5.41, 5.74) is 0. The molecule has 2 fully saturated rings. The summed E-state index contributed by atoms with van der Waals surface area (Å²) in [7, 11) is 0. The average molecular weight is 240 g/mol. The number of hydrogen-bond acceptors (Lipinski definition) is 3. The molecule has 1 saturated heterocycles. The van der Waals surface area contributed by atoms with Crippen molar-refractivity contribution in [3.05, 3.63) is 0 Å². The summed E-state index contributed by atoms with van der Waals surface area (Å²) in [6.45, 7) is 5.56. The maximum absolute atomic E-state index is 12.2. The van der Waals surface area contributed by atoms with Gasteiger partial charge in [0.2, 0.25) is 5.91 Å². The molecule has 1 atom stereocenters. The third kappa shape index (κ3) is 3.96. The first kappa shape index (κ1) is 12.8. The highest BCUT2D eigenvalue weighted by Crippen LogP contribution is 2.28. The smallest absolute Gasteiger partial charge is 0.225 e. The number of morpholine rings is 1. The van der Waals surface area contributed by atoms with Gasteiger partial charge in [0.15, 0.2) is 0 Å². The van der Waals surface area contributed by atoms with E-state index in [4.69, 9.17) is 4.74 Å². The maximum atomic E-state index is 12.2. The van der Waals surface area contributed by atoms with Gasteiger partial charge in [-0.25, -0.2) is 0 Å². The van der Waals surface area contributed by atoms with E-state index in [1.165, 1.54) is 12.8 Å². The number of ether oxygens (including phenoxy) is 1. The van der Waals surface area contributed by atoms with Gasteiger partial charge in [-0.3, -0.25) is 4.79 Å². The SMILES string of the molecule is CCCCN(C(=O)CC1CNCCO1)C1CC1. The van der Waals surface area contributed by atoms with Crippen LogP contribution in [0.5, 0.6) is 0 Å². The van der Waals surface area contributed by atoms with E-state index < -0.39 is 0 Å². The van der Waals surface area contributed by atoms with Crippen molar-refractivity contribution in [3.63, 3.8) is 0 Å². The van der Waals surface area contributed by atoms with E-state index >= 15 is 0 Å². The van der Waals surface area contributed by atoms with Crippen LogP contribution in [0.15, 0.2) is 0 Å². The zero-order chi connectivity index (χ0) is 12.1. The molecule has 0 spiro atoms. The molecule has 2 aliphatic rings. The van der Waals surface area contributed by atoms with Gasteiger partial charge in [0.25, 0.3) is 0 Å². The highest BCUT2D eigenvalue weighted by molar-refractivity contribution is 5.77. The standard InChI is InChI=1S/C13H24N2O2/c1-2-3-7-15(11-4-5-11)13(16)9-12-10-14-6-8-17-12/h11-12,14H,2-10H2,1H3. The second-order valence-corrected chi connectivity index (χ2v) is 5.07. The first-order valence-electron chi connectivity index (χ1n) is 6.93. The van der Waals surface area contributed by atoms with E-state index in [-0.39, 0.29) is 12.0 Å². The summed E-state index contributed by atoms with van der Waals surface area (Å²) < 4.78 is 5.59. The maximum Gasteiger partial charge on any atom is 0.225 e. The van der Waals surface area contributed by atoms with Crippen LogP contribution in [0, 0.1) is 0 Å². The van der Waals surface area contributed by atoms with E-state index in [2.05, 4.69) is 17.1 Å².